The molecule has 0 unspecified atom stereocenters. The quantitative estimate of drug-likeness (QED) is 0.810. The van der Waals surface area contributed by atoms with E-state index in [0.717, 1.165) is 18.2 Å². The monoisotopic (exact) mass is 234 g/mol. The third-order valence-corrected chi connectivity index (χ3v) is 2.41. The van der Waals surface area contributed by atoms with Crippen molar-refractivity contribution in [2.24, 2.45) is 0 Å². The predicted octanol–water partition coefficient (Wildman–Crippen LogP) is 3.15. The van der Waals surface area contributed by atoms with Crippen LogP contribution in [0.1, 0.15) is 10.4 Å². The fourth-order valence-electron chi connectivity index (χ4n) is 1.57. The molecule has 0 saturated heterocycles. The molecule has 2 aromatic rings. The van der Waals surface area contributed by atoms with E-state index in [0.29, 0.717) is 6.29 Å². The van der Waals surface area contributed by atoms with Crippen LogP contribution in [-0.4, -0.2) is 11.4 Å². The van der Waals surface area contributed by atoms with Crippen LogP contribution in [0.25, 0.3) is 11.1 Å². The Balaban J connectivity index is 2.61. The summed E-state index contributed by atoms with van der Waals surface area (Å²) in [6.07, 6.45) is 0.469. The number of benzene rings is 2. The maximum atomic E-state index is 13.5. The fraction of sp³-hybridized carbons (Fsp3) is 0. The molecule has 0 aliphatic heterocycles. The smallest absolute Gasteiger partial charge is 0.153 e. The van der Waals surface area contributed by atoms with Crippen molar-refractivity contribution in [2.75, 3.05) is 0 Å². The molecule has 0 bridgehead atoms. The van der Waals surface area contributed by atoms with Gasteiger partial charge in [0.05, 0.1) is 11.1 Å². The highest BCUT2D eigenvalue weighted by Gasteiger charge is 2.12. The van der Waals surface area contributed by atoms with Gasteiger partial charge < -0.3 is 5.11 Å². The number of hydrogen-bond donors (Lipinski definition) is 1. The molecule has 0 atom stereocenters. The van der Waals surface area contributed by atoms with E-state index >= 15 is 0 Å². The van der Waals surface area contributed by atoms with Gasteiger partial charge in [0.2, 0.25) is 0 Å². The number of carbonyl (C=O) groups is 1. The zero-order valence-corrected chi connectivity index (χ0v) is 8.65. The van der Waals surface area contributed by atoms with E-state index in [1.54, 1.807) is 0 Å². The van der Waals surface area contributed by atoms with Gasteiger partial charge in [-0.15, -0.1) is 0 Å². The molecule has 0 aliphatic rings. The summed E-state index contributed by atoms with van der Waals surface area (Å²) in [4.78, 5) is 10.5. The van der Waals surface area contributed by atoms with Crippen molar-refractivity contribution in [3.8, 4) is 16.9 Å². The minimum Gasteiger partial charge on any atom is -0.507 e. The Morgan fingerprint density at radius 1 is 1.06 bits per heavy atom. The second kappa shape index (κ2) is 4.33. The first kappa shape index (κ1) is 11.3. The zero-order chi connectivity index (χ0) is 12.4. The lowest BCUT2D eigenvalue weighted by molar-refractivity contribution is 0.112. The van der Waals surface area contributed by atoms with Gasteiger partial charge in [0, 0.05) is 0 Å². The van der Waals surface area contributed by atoms with Gasteiger partial charge in [-0.3, -0.25) is 4.79 Å². The second-order valence-electron chi connectivity index (χ2n) is 3.49. The molecule has 17 heavy (non-hydrogen) atoms. The van der Waals surface area contributed by atoms with Gasteiger partial charge in [-0.25, -0.2) is 8.78 Å². The van der Waals surface area contributed by atoms with Crippen LogP contribution in [0.4, 0.5) is 8.78 Å². The van der Waals surface area contributed by atoms with E-state index in [1.807, 2.05) is 0 Å². The number of rotatable bonds is 2. The summed E-state index contributed by atoms with van der Waals surface area (Å²) in [6, 6.07) is 7.36. The van der Waals surface area contributed by atoms with E-state index in [1.165, 1.54) is 18.2 Å². The average Bonchev–Trinajstić information content (AvgIpc) is 2.29. The van der Waals surface area contributed by atoms with Crippen molar-refractivity contribution in [3.05, 3.63) is 53.6 Å². The summed E-state index contributed by atoms with van der Waals surface area (Å²) in [5.74, 6) is -1.74. The molecule has 4 heteroatoms. The number of carbonyl (C=O) groups excluding carboxylic acids is 1. The molecule has 0 fully saturated rings. The van der Waals surface area contributed by atoms with Crippen molar-refractivity contribution >= 4 is 6.29 Å². The van der Waals surface area contributed by atoms with E-state index in [2.05, 4.69) is 0 Å². The Kier molecular flexibility index (Phi) is 2.87. The van der Waals surface area contributed by atoms with Crippen molar-refractivity contribution in [3.63, 3.8) is 0 Å². The summed E-state index contributed by atoms with van der Waals surface area (Å²) < 4.78 is 26.9. The molecule has 0 amide bonds. The zero-order valence-electron chi connectivity index (χ0n) is 8.65. The molecule has 0 radical (unpaired) electrons. The summed E-state index contributed by atoms with van der Waals surface area (Å²) >= 11 is 0. The van der Waals surface area contributed by atoms with Gasteiger partial charge in [0.1, 0.15) is 17.4 Å². The summed E-state index contributed by atoms with van der Waals surface area (Å²) in [6.45, 7) is 0. The predicted molar refractivity (Wildman–Crippen MR) is 58.8 cm³/mol. The molecule has 86 valence electrons. The SMILES string of the molecule is O=Cc1ccc(-c2c(F)cccc2F)cc1O. The molecule has 2 aromatic carbocycles. The lowest BCUT2D eigenvalue weighted by Gasteiger charge is -2.06. The highest BCUT2D eigenvalue weighted by molar-refractivity contribution is 5.81. The second-order valence-corrected chi connectivity index (χ2v) is 3.49. The van der Waals surface area contributed by atoms with Gasteiger partial charge in [0.15, 0.2) is 6.29 Å². The van der Waals surface area contributed by atoms with E-state index in [4.69, 9.17) is 0 Å². The van der Waals surface area contributed by atoms with E-state index in [9.17, 15) is 18.7 Å². The van der Waals surface area contributed by atoms with Crippen LogP contribution < -0.4 is 0 Å². The Bertz CT molecular complexity index is 559. The Morgan fingerprint density at radius 3 is 2.24 bits per heavy atom. The third-order valence-electron chi connectivity index (χ3n) is 2.41. The highest BCUT2D eigenvalue weighted by atomic mass is 19.1. The van der Waals surface area contributed by atoms with Crippen LogP contribution >= 0.6 is 0 Å². The largest absolute Gasteiger partial charge is 0.507 e. The number of hydrogen-bond acceptors (Lipinski definition) is 2. The van der Waals surface area contributed by atoms with Gasteiger partial charge >= 0.3 is 0 Å². The van der Waals surface area contributed by atoms with Crippen LogP contribution in [0, 0.1) is 11.6 Å². The minimum absolute atomic E-state index is 0.0745. The number of aldehydes is 1. The Labute approximate surface area is 96.1 Å². The van der Waals surface area contributed by atoms with Crippen LogP contribution in [-0.2, 0) is 0 Å². The molecular formula is C13H8F2O2. The summed E-state index contributed by atoms with van der Waals surface area (Å²) in [7, 11) is 0. The number of phenols is 1. The maximum Gasteiger partial charge on any atom is 0.153 e. The van der Waals surface area contributed by atoms with Gasteiger partial charge in [-0.05, 0) is 29.8 Å². The molecule has 0 aromatic heterocycles. The highest BCUT2D eigenvalue weighted by Crippen LogP contribution is 2.29. The Morgan fingerprint density at radius 2 is 1.71 bits per heavy atom. The average molecular weight is 234 g/mol. The lowest BCUT2D eigenvalue weighted by Crippen LogP contribution is -1.90. The van der Waals surface area contributed by atoms with Crippen molar-refractivity contribution in [1.82, 2.24) is 0 Å². The van der Waals surface area contributed by atoms with Crippen molar-refractivity contribution in [1.29, 1.82) is 0 Å². The number of halogens is 2. The maximum absolute atomic E-state index is 13.5. The van der Waals surface area contributed by atoms with E-state index in [-0.39, 0.29) is 22.4 Å². The Hall–Kier alpha value is -2.23. The first-order valence-electron chi connectivity index (χ1n) is 4.86. The molecule has 0 spiro atoms. The van der Waals surface area contributed by atoms with Crippen molar-refractivity contribution in [2.45, 2.75) is 0 Å². The molecule has 0 saturated carbocycles. The first-order valence-corrected chi connectivity index (χ1v) is 4.86. The van der Waals surface area contributed by atoms with Crippen LogP contribution in [0.3, 0.4) is 0 Å². The lowest BCUT2D eigenvalue weighted by atomic mass is 10.0. The van der Waals surface area contributed by atoms with Gasteiger partial charge in [0.25, 0.3) is 0 Å². The summed E-state index contributed by atoms with van der Waals surface area (Å²) in [5, 5.41) is 9.46. The molecule has 0 aliphatic carbocycles. The molecule has 1 N–H and O–H groups in total. The topological polar surface area (TPSA) is 37.3 Å². The van der Waals surface area contributed by atoms with E-state index < -0.39 is 11.6 Å². The molecule has 0 heterocycles. The van der Waals surface area contributed by atoms with Crippen LogP contribution in [0.15, 0.2) is 36.4 Å². The van der Waals surface area contributed by atoms with Crippen LogP contribution in [0.5, 0.6) is 5.75 Å². The molecule has 2 nitrogen and oxygen atoms in total. The van der Waals surface area contributed by atoms with Gasteiger partial charge in [-0.2, -0.15) is 0 Å². The summed E-state index contributed by atoms with van der Waals surface area (Å²) in [5.41, 5.74) is 0.0365. The minimum atomic E-state index is -0.719. The molecule has 2 rings (SSSR count). The third kappa shape index (κ3) is 2.01. The van der Waals surface area contributed by atoms with Crippen molar-refractivity contribution < 1.29 is 18.7 Å². The number of phenolic OH excluding ortho intramolecular Hbond substituents is 1. The fourth-order valence-corrected chi connectivity index (χ4v) is 1.57. The van der Waals surface area contributed by atoms with Crippen LogP contribution in [0.2, 0.25) is 0 Å². The normalized spacial score (nSPS) is 10.2. The standard InChI is InChI=1S/C13H8F2O2/c14-10-2-1-3-11(15)13(10)8-4-5-9(7-16)12(17)6-8/h1-7,17H. The van der Waals surface area contributed by atoms with Gasteiger partial charge in [-0.1, -0.05) is 12.1 Å². The number of aromatic hydroxyl groups is 1. The molecular weight excluding hydrogens is 226 g/mol. The first-order chi connectivity index (χ1) is 8.13.